The van der Waals surface area contributed by atoms with E-state index in [9.17, 15) is 4.79 Å². The Kier molecular flexibility index (Phi) is 5.90. The van der Waals surface area contributed by atoms with Gasteiger partial charge in [-0.15, -0.1) is 0 Å². The Labute approximate surface area is 165 Å². The van der Waals surface area contributed by atoms with Gasteiger partial charge in [0, 0.05) is 17.8 Å². The maximum absolute atomic E-state index is 12.3. The third-order valence-corrected chi connectivity index (χ3v) is 4.16. The van der Waals surface area contributed by atoms with Crippen LogP contribution < -0.4 is 10.1 Å². The average molecular weight is 372 g/mol. The van der Waals surface area contributed by atoms with Gasteiger partial charge in [-0.05, 0) is 35.3 Å². The van der Waals surface area contributed by atoms with Crippen molar-refractivity contribution in [3.63, 3.8) is 0 Å². The number of nitrogens with zero attached hydrogens (tertiary/aromatic N) is 1. The van der Waals surface area contributed by atoms with Crippen LogP contribution in [0.1, 0.15) is 31.9 Å². The fourth-order valence-electron chi connectivity index (χ4n) is 2.76. The molecule has 0 unspecified atom stereocenters. The zero-order chi connectivity index (χ0) is 20.0. The lowest BCUT2D eigenvalue weighted by atomic mass is 9.86. The lowest BCUT2D eigenvalue weighted by Crippen LogP contribution is -2.13. The van der Waals surface area contributed by atoms with E-state index in [1.54, 1.807) is 24.4 Å². The van der Waals surface area contributed by atoms with Gasteiger partial charge in [-0.3, -0.25) is 4.79 Å². The molecular weight excluding hydrogens is 348 g/mol. The Bertz CT molecular complexity index is 973. The Morgan fingerprint density at radius 1 is 0.964 bits per heavy atom. The molecule has 1 heterocycles. The summed E-state index contributed by atoms with van der Waals surface area (Å²) in [6.07, 6.45) is 4.90. The third-order valence-electron chi connectivity index (χ3n) is 4.16. The highest BCUT2D eigenvalue weighted by Gasteiger charge is 2.20. The van der Waals surface area contributed by atoms with Crippen molar-refractivity contribution in [2.75, 3.05) is 5.32 Å². The molecule has 0 aliphatic heterocycles. The molecule has 3 rings (SSSR count). The van der Waals surface area contributed by atoms with Gasteiger partial charge >= 0.3 is 0 Å². The predicted molar refractivity (Wildman–Crippen MR) is 114 cm³/mol. The van der Waals surface area contributed by atoms with Gasteiger partial charge < -0.3 is 10.1 Å². The minimum Gasteiger partial charge on any atom is -0.437 e. The van der Waals surface area contributed by atoms with Crippen LogP contribution in [0.5, 0.6) is 11.6 Å². The van der Waals surface area contributed by atoms with E-state index in [4.69, 9.17) is 4.74 Å². The van der Waals surface area contributed by atoms with E-state index in [1.807, 2.05) is 54.6 Å². The van der Waals surface area contributed by atoms with E-state index in [0.29, 0.717) is 11.6 Å². The molecule has 1 aromatic heterocycles. The summed E-state index contributed by atoms with van der Waals surface area (Å²) in [5.41, 5.74) is 2.47. The maximum Gasteiger partial charge on any atom is 0.248 e. The van der Waals surface area contributed by atoms with Crippen LogP contribution in [0.3, 0.4) is 0 Å². The van der Waals surface area contributed by atoms with Crippen LogP contribution in [-0.4, -0.2) is 10.9 Å². The monoisotopic (exact) mass is 372 g/mol. The molecule has 28 heavy (non-hydrogen) atoms. The number of pyridine rings is 1. The number of benzene rings is 2. The number of hydrogen-bond donors (Lipinski definition) is 1. The first-order valence-corrected chi connectivity index (χ1v) is 9.20. The van der Waals surface area contributed by atoms with Gasteiger partial charge in [-0.2, -0.15) is 0 Å². The number of rotatable bonds is 5. The number of nitrogens with one attached hydrogen (secondary N) is 1. The summed E-state index contributed by atoms with van der Waals surface area (Å²) >= 11 is 0. The smallest absolute Gasteiger partial charge is 0.248 e. The Morgan fingerprint density at radius 2 is 1.68 bits per heavy atom. The minimum atomic E-state index is -0.245. The summed E-state index contributed by atoms with van der Waals surface area (Å²) in [6.45, 7) is 6.39. The third kappa shape index (κ3) is 5.07. The van der Waals surface area contributed by atoms with Crippen LogP contribution >= 0.6 is 0 Å². The SMILES string of the molecule is CC(C)(C)c1ccccc1Oc1ncccc1NC(=O)C=Cc1ccccc1. The second-order valence-electron chi connectivity index (χ2n) is 7.44. The number of anilines is 1. The molecule has 0 radical (unpaired) electrons. The summed E-state index contributed by atoms with van der Waals surface area (Å²) in [4.78, 5) is 16.6. The molecule has 0 atom stereocenters. The zero-order valence-electron chi connectivity index (χ0n) is 16.3. The largest absolute Gasteiger partial charge is 0.437 e. The first-order valence-electron chi connectivity index (χ1n) is 9.20. The Hall–Kier alpha value is -3.40. The summed E-state index contributed by atoms with van der Waals surface area (Å²) in [7, 11) is 0. The van der Waals surface area contributed by atoms with E-state index in [2.05, 4.69) is 31.1 Å². The van der Waals surface area contributed by atoms with E-state index in [0.717, 1.165) is 16.9 Å². The van der Waals surface area contributed by atoms with Crippen LogP contribution in [0.2, 0.25) is 0 Å². The van der Waals surface area contributed by atoms with Gasteiger partial charge in [-0.25, -0.2) is 4.98 Å². The highest BCUT2D eigenvalue weighted by Crippen LogP contribution is 2.35. The molecule has 0 aliphatic rings. The summed E-state index contributed by atoms with van der Waals surface area (Å²) in [6, 6.07) is 21.1. The van der Waals surface area contributed by atoms with E-state index in [1.165, 1.54) is 6.08 Å². The predicted octanol–water partition coefficient (Wildman–Crippen LogP) is 5.82. The van der Waals surface area contributed by atoms with E-state index < -0.39 is 0 Å². The molecule has 142 valence electrons. The van der Waals surface area contributed by atoms with Crippen LogP contribution in [0.4, 0.5) is 5.69 Å². The number of carbonyl (C=O) groups is 1. The van der Waals surface area contributed by atoms with Gasteiger partial charge in [0.05, 0.1) is 0 Å². The van der Waals surface area contributed by atoms with E-state index >= 15 is 0 Å². The Balaban J connectivity index is 1.79. The highest BCUT2D eigenvalue weighted by atomic mass is 16.5. The number of carbonyl (C=O) groups excluding carboxylic acids is 1. The minimum absolute atomic E-state index is 0.0762. The number of amides is 1. The van der Waals surface area contributed by atoms with E-state index in [-0.39, 0.29) is 11.3 Å². The van der Waals surface area contributed by atoms with Crippen molar-refractivity contribution < 1.29 is 9.53 Å². The molecule has 0 aliphatic carbocycles. The van der Waals surface area contributed by atoms with Crippen molar-refractivity contribution in [2.45, 2.75) is 26.2 Å². The second kappa shape index (κ2) is 8.53. The normalized spacial score (nSPS) is 11.4. The molecule has 1 amide bonds. The first-order chi connectivity index (χ1) is 13.4. The zero-order valence-corrected chi connectivity index (χ0v) is 16.3. The Morgan fingerprint density at radius 3 is 2.43 bits per heavy atom. The molecule has 2 aromatic carbocycles. The maximum atomic E-state index is 12.3. The van der Waals surface area contributed by atoms with Gasteiger partial charge in [-0.1, -0.05) is 69.3 Å². The van der Waals surface area contributed by atoms with Crippen molar-refractivity contribution in [3.8, 4) is 11.6 Å². The standard InChI is InChI=1S/C24H24N2O2/c1-24(2,3)19-12-7-8-14-21(19)28-23-20(13-9-17-25-23)26-22(27)16-15-18-10-5-4-6-11-18/h4-17H,1-3H3,(H,26,27). The molecule has 0 saturated heterocycles. The second-order valence-corrected chi connectivity index (χ2v) is 7.44. The van der Waals surface area contributed by atoms with Crippen molar-refractivity contribution in [1.82, 2.24) is 4.98 Å². The molecular formula is C24H24N2O2. The molecule has 1 N–H and O–H groups in total. The molecule has 0 fully saturated rings. The number of para-hydroxylation sites is 1. The first kappa shape index (κ1) is 19.4. The van der Waals surface area contributed by atoms with Crippen molar-refractivity contribution in [2.24, 2.45) is 0 Å². The number of aromatic nitrogens is 1. The fourth-order valence-corrected chi connectivity index (χ4v) is 2.76. The fraction of sp³-hybridized carbons (Fsp3) is 0.167. The summed E-state index contributed by atoms with van der Waals surface area (Å²) in [5.74, 6) is 0.843. The molecule has 4 heteroatoms. The van der Waals surface area contributed by atoms with Crippen molar-refractivity contribution >= 4 is 17.7 Å². The van der Waals surface area contributed by atoms with Crippen LogP contribution in [0.15, 0.2) is 79.0 Å². The quantitative estimate of drug-likeness (QED) is 0.574. The van der Waals surface area contributed by atoms with Gasteiger partial charge in [0.25, 0.3) is 0 Å². The number of hydrogen-bond acceptors (Lipinski definition) is 3. The lowest BCUT2D eigenvalue weighted by Gasteiger charge is -2.22. The number of ether oxygens (including phenoxy) is 1. The average Bonchev–Trinajstić information content (AvgIpc) is 2.68. The topological polar surface area (TPSA) is 51.2 Å². The van der Waals surface area contributed by atoms with Crippen LogP contribution in [-0.2, 0) is 10.2 Å². The summed E-state index contributed by atoms with van der Waals surface area (Å²) < 4.78 is 6.08. The van der Waals surface area contributed by atoms with Gasteiger partial charge in [0.1, 0.15) is 11.4 Å². The van der Waals surface area contributed by atoms with Crippen LogP contribution in [0, 0.1) is 0 Å². The van der Waals surface area contributed by atoms with Gasteiger partial charge in [0.15, 0.2) is 0 Å². The summed E-state index contributed by atoms with van der Waals surface area (Å²) in [5, 5.41) is 2.85. The molecule has 4 nitrogen and oxygen atoms in total. The van der Waals surface area contributed by atoms with Gasteiger partial charge in [0.2, 0.25) is 11.8 Å². The molecule has 0 saturated carbocycles. The highest BCUT2D eigenvalue weighted by molar-refractivity contribution is 6.02. The molecule has 0 spiro atoms. The van der Waals surface area contributed by atoms with Crippen molar-refractivity contribution in [3.05, 3.63) is 90.1 Å². The molecule has 3 aromatic rings. The van der Waals surface area contributed by atoms with Crippen LogP contribution in [0.25, 0.3) is 6.08 Å². The van der Waals surface area contributed by atoms with Crippen molar-refractivity contribution in [1.29, 1.82) is 0 Å². The molecule has 0 bridgehead atoms. The lowest BCUT2D eigenvalue weighted by molar-refractivity contribution is -0.111.